The first-order valence-electron chi connectivity index (χ1n) is 8.53. The van der Waals surface area contributed by atoms with Crippen LogP contribution >= 0.6 is 0 Å². The third-order valence-corrected chi connectivity index (χ3v) is 6.15. The standard InChI is InChI=1S/C20H16F3NO4S/c1-2-13-8-9-14(20(21,22)23)12-17(13)16-10-11-24(18(16)19(25)26)29(27,28)15-6-4-3-5-7-15/h3-12H,2H2,1H3,(H,25,26). The Bertz CT molecular complexity index is 1170. The van der Waals surface area contributed by atoms with E-state index >= 15 is 0 Å². The number of halogens is 3. The molecule has 1 aromatic heterocycles. The number of alkyl halides is 3. The number of aryl methyl sites for hydroxylation is 1. The number of hydrogen-bond donors (Lipinski definition) is 1. The average Bonchev–Trinajstić information content (AvgIpc) is 3.13. The van der Waals surface area contributed by atoms with E-state index in [1.807, 2.05) is 0 Å². The lowest BCUT2D eigenvalue weighted by Crippen LogP contribution is -2.18. The van der Waals surface area contributed by atoms with E-state index in [9.17, 15) is 31.5 Å². The number of carboxylic acid groups (broad SMARTS) is 1. The quantitative estimate of drug-likeness (QED) is 0.647. The molecule has 0 aliphatic carbocycles. The fraction of sp³-hybridized carbons (Fsp3) is 0.150. The van der Waals surface area contributed by atoms with Gasteiger partial charge in [0.05, 0.1) is 10.5 Å². The first-order chi connectivity index (χ1) is 13.6. The number of aromatic carboxylic acids is 1. The summed E-state index contributed by atoms with van der Waals surface area (Å²) >= 11 is 0. The molecule has 0 amide bonds. The normalized spacial score (nSPS) is 12.1. The summed E-state index contributed by atoms with van der Waals surface area (Å²) in [5.41, 5.74) is -1.17. The SMILES string of the molecule is CCc1ccc(C(F)(F)F)cc1-c1ccn(S(=O)(=O)c2ccccc2)c1C(=O)O. The van der Waals surface area contributed by atoms with Gasteiger partial charge >= 0.3 is 12.1 Å². The van der Waals surface area contributed by atoms with E-state index < -0.39 is 33.4 Å². The summed E-state index contributed by atoms with van der Waals surface area (Å²) in [5.74, 6) is -1.57. The Balaban J connectivity index is 2.28. The van der Waals surface area contributed by atoms with Crippen molar-refractivity contribution in [2.24, 2.45) is 0 Å². The second kappa shape index (κ2) is 7.40. The molecule has 0 bridgehead atoms. The minimum Gasteiger partial charge on any atom is -0.477 e. The average molecular weight is 423 g/mol. The molecule has 1 N–H and O–H groups in total. The van der Waals surface area contributed by atoms with Crippen LogP contribution in [0.15, 0.2) is 65.7 Å². The highest BCUT2D eigenvalue weighted by molar-refractivity contribution is 7.90. The molecule has 0 aliphatic rings. The molecule has 0 spiro atoms. The monoisotopic (exact) mass is 423 g/mol. The highest BCUT2D eigenvalue weighted by Gasteiger charge is 2.32. The summed E-state index contributed by atoms with van der Waals surface area (Å²) in [5, 5.41) is 9.69. The minimum absolute atomic E-state index is 0.0294. The first-order valence-corrected chi connectivity index (χ1v) is 9.97. The van der Waals surface area contributed by atoms with Gasteiger partial charge in [0.25, 0.3) is 10.0 Å². The van der Waals surface area contributed by atoms with Crippen molar-refractivity contribution in [1.82, 2.24) is 3.97 Å². The summed E-state index contributed by atoms with van der Waals surface area (Å²) in [6, 6.07) is 11.4. The number of nitrogens with zero attached hydrogens (tertiary/aromatic N) is 1. The van der Waals surface area contributed by atoms with E-state index in [4.69, 9.17) is 0 Å². The van der Waals surface area contributed by atoms with Crippen LogP contribution in [0.1, 0.15) is 28.5 Å². The Kier molecular flexibility index (Phi) is 5.27. The van der Waals surface area contributed by atoms with E-state index in [1.165, 1.54) is 36.4 Å². The molecule has 5 nitrogen and oxygen atoms in total. The van der Waals surface area contributed by atoms with Crippen LogP contribution in [-0.4, -0.2) is 23.5 Å². The summed E-state index contributed by atoms with van der Waals surface area (Å²) in [6.45, 7) is 1.71. The Morgan fingerprint density at radius 3 is 2.24 bits per heavy atom. The smallest absolute Gasteiger partial charge is 0.416 e. The molecular formula is C20H16F3NO4S. The lowest BCUT2D eigenvalue weighted by atomic mass is 9.95. The van der Waals surface area contributed by atoms with Gasteiger partial charge < -0.3 is 5.11 Å². The predicted molar refractivity (Wildman–Crippen MR) is 100 cm³/mol. The van der Waals surface area contributed by atoms with E-state index in [0.29, 0.717) is 16.0 Å². The molecule has 2 aromatic carbocycles. The topological polar surface area (TPSA) is 76.4 Å². The molecule has 0 saturated carbocycles. The molecule has 1 heterocycles. The van der Waals surface area contributed by atoms with Crippen LogP contribution in [0.2, 0.25) is 0 Å². The summed E-state index contributed by atoms with van der Waals surface area (Å²) in [4.78, 5) is 11.8. The Morgan fingerprint density at radius 1 is 1.03 bits per heavy atom. The fourth-order valence-corrected chi connectivity index (χ4v) is 4.43. The molecule has 0 unspecified atom stereocenters. The second-order valence-electron chi connectivity index (χ2n) is 6.22. The van der Waals surface area contributed by atoms with Gasteiger partial charge in [-0.15, -0.1) is 0 Å². The highest BCUT2D eigenvalue weighted by Crippen LogP contribution is 2.36. The molecule has 29 heavy (non-hydrogen) atoms. The van der Waals surface area contributed by atoms with Crippen LogP contribution in [-0.2, 0) is 22.6 Å². The van der Waals surface area contributed by atoms with Crippen LogP contribution in [0.3, 0.4) is 0 Å². The van der Waals surface area contributed by atoms with Gasteiger partial charge in [0.1, 0.15) is 5.69 Å². The lowest BCUT2D eigenvalue weighted by Gasteiger charge is -2.14. The van der Waals surface area contributed by atoms with Crippen LogP contribution < -0.4 is 0 Å². The van der Waals surface area contributed by atoms with E-state index in [-0.39, 0.29) is 16.0 Å². The predicted octanol–water partition coefficient (Wildman–Crippen LogP) is 4.67. The van der Waals surface area contributed by atoms with Gasteiger partial charge in [-0.05, 0) is 47.9 Å². The number of benzene rings is 2. The number of aromatic nitrogens is 1. The zero-order valence-corrected chi connectivity index (χ0v) is 16.0. The van der Waals surface area contributed by atoms with Crippen molar-refractivity contribution in [3.05, 3.63) is 77.6 Å². The van der Waals surface area contributed by atoms with Crippen molar-refractivity contribution in [2.75, 3.05) is 0 Å². The fourth-order valence-electron chi connectivity index (χ4n) is 3.06. The van der Waals surface area contributed by atoms with Crippen molar-refractivity contribution in [2.45, 2.75) is 24.4 Å². The largest absolute Gasteiger partial charge is 0.477 e. The molecule has 9 heteroatoms. The molecule has 0 atom stereocenters. The summed E-state index contributed by atoms with van der Waals surface area (Å²) in [7, 11) is -4.25. The van der Waals surface area contributed by atoms with Crippen molar-refractivity contribution in [3.8, 4) is 11.1 Å². The summed E-state index contributed by atoms with van der Waals surface area (Å²) < 4.78 is 65.9. The zero-order valence-electron chi connectivity index (χ0n) is 15.1. The van der Waals surface area contributed by atoms with Gasteiger partial charge in [0.2, 0.25) is 0 Å². The van der Waals surface area contributed by atoms with Gasteiger partial charge in [-0.25, -0.2) is 17.2 Å². The minimum atomic E-state index is -4.62. The lowest BCUT2D eigenvalue weighted by molar-refractivity contribution is -0.137. The van der Waals surface area contributed by atoms with E-state index in [0.717, 1.165) is 18.3 Å². The second-order valence-corrected chi connectivity index (χ2v) is 8.04. The third-order valence-electron chi connectivity index (χ3n) is 4.46. The molecule has 3 rings (SSSR count). The molecule has 152 valence electrons. The number of carbonyl (C=O) groups is 1. The van der Waals surface area contributed by atoms with E-state index in [2.05, 4.69) is 0 Å². The maximum Gasteiger partial charge on any atom is 0.416 e. The molecule has 3 aromatic rings. The van der Waals surface area contributed by atoms with Gasteiger partial charge in [-0.3, -0.25) is 0 Å². The van der Waals surface area contributed by atoms with Gasteiger partial charge in [-0.2, -0.15) is 13.2 Å². The number of carboxylic acids is 1. The molecule has 0 fully saturated rings. The number of hydrogen-bond acceptors (Lipinski definition) is 3. The Hall–Kier alpha value is -3.07. The first kappa shape index (κ1) is 20.7. The van der Waals surface area contributed by atoms with Crippen molar-refractivity contribution in [1.29, 1.82) is 0 Å². The maximum atomic E-state index is 13.2. The van der Waals surface area contributed by atoms with Crippen LogP contribution in [0, 0.1) is 0 Å². The van der Waals surface area contributed by atoms with Gasteiger partial charge in [0.15, 0.2) is 0 Å². The van der Waals surface area contributed by atoms with Crippen molar-refractivity contribution in [3.63, 3.8) is 0 Å². The Labute approximate surface area is 165 Å². The van der Waals surface area contributed by atoms with Crippen molar-refractivity contribution >= 4 is 16.0 Å². The van der Waals surface area contributed by atoms with Crippen molar-refractivity contribution < 1.29 is 31.5 Å². The zero-order chi connectivity index (χ0) is 21.4. The third kappa shape index (κ3) is 3.77. The van der Waals surface area contributed by atoms with Crippen LogP contribution in [0.5, 0.6) is 0 Å². The maximum absolute atomic E-state index is 13.2. The molecule has 0 radical (unpaired) electrons. The van der Waals surface area contributed by atoms with Crippen LogP contribution in [0.25, 0.3) is 11.1 Å². The molecule has 0 saturated heterocycles. The van der Waals surface area contributed by atoms with E-state index in [1.54, 1.807) is 13.0 Å². The van der Waals surface area contributed by atoms with Gasteiger partial charge in [0, 0.05) is 11.8 Å². The molecule has 0 aliphatic heterocycles. The summed E-state index contributed by atoms with van der Waals surface area (Å²) in [6.07, 6.45) is -3.24. The van der Waals surface area contributed by atoms with Gasteiger partial charge in [-0.1, -0.05) is 31.2 Å². The highest BCUT2D eigenvalue weighted by atomic mass is 32.2. The molecular weight excluding hydrogens is 407 g/mol. The van der Waals surface area contributed by atoms with Crippen LogP contribution in [0.4, 0.5) is 13.2 Å². The number of rotatable bonds is 5. The Morgan fingerprint density at radius 2 is 1.69 bits per heavy atom.